The van der Waals surface area contributed by atoms with Gasteiger partial charge in [-0.2, -0.15) is 0 Å². The van der Waals surface area contributed by atoms with Crippen LogP contribution in [0.4, 0.5) is 0 Å². The van der Waals surface area contributed by atoms with Gasteiger partial charge in [0.2, 0.25) is 0 Å². The summed E-state index contributed by atoms with van der Waals surface area (Å²) >= 11 is 0. The molecule has 1 aliphatic rings. The molecule has 1 heterocycles. The van der Waals surface area contributed by atoms with E-state index in [1.54, 1.807) is 0 Å². The maximum atomic E-state index is 6.13. The van der Waals surface area contributed by atoms with Crippen molar-refractivity contribution < 1.29 is 4.74 Å². The molecule has 160 valence electrons. The van der Waals surface area contributed by atoms with Gasteiger partial charge in [-0.15, -0.1) is 0 Å². The van der Waals surface area contributed by atoms with E-state index in [1.807, 2.05) is 0 Å². The molecule has 3 nitrogen and oxygen atoms in total. The van der Waals surface area contributed by atoms with Gasteiger partial charge in [-0.05, 0) is 75.7 Å². The molecule has 1 saturated heterocycles. The van der Waals surface area contributed by atoms with Gasteiger partial charge in [0, 0.05) is 6.04 Å². The summed E-state index contributed by atoms with van der Waals surface area (Å²) in [4.78, 5) is 2.62. The molecule has 0 aliphatic carbocycles. The second kappa shape index (κ2) is 11.8. The number of ether oxygens (including phenoxy) is 1. The molecule has 0 saturated carbocycles. The molecule has 0 aromatic heterocycles. The van der Waals surface area contributed by atoms with Gasteiger partial charge in [-0.3, -0.25) is 0 Å². The normalized spacial score (nSPS) is 18.8. The molecule has 28 heavy (non-hydrogen) atoms. The van der Waals surface area contributed by atoms with E-state index in [2.05, 4.69) is 50.8 Å². The molecule has 1 atom stereocenters. The first-order valence-corrected chi connectivity index (χ1v) is 11.6. The van der Waals surface area contributed by atoms with Crippen molar-refractivity contribution in [2.45, 2.75) is 96.9 Å². The quantitative estimate of drug-likeness (QED) is 0.513. The van der Waals surface area contributed by atoms with Gasteiger partial charge in [-0.25, -0.2) is 0 Å². The van der Waals surface area contributed by atoms with Crippen molar-refractivity contribution in [3.05, 3.63) is 29.3 Å². The van der Waals surface area contributed by atoms with Crippen molar-refractivity contribution >= 4 is 0 Å². The third-order valence-corrected chi connectivity index (χ3v) is 5.93. The number of likely N-dealkylation sites (tertiary alicyclic amines) is 1. The van der Waals surface area contributed by atoms with Crippen molar-refractivity contribution in [2.75, 3.05) is 26.2 Å². The highest BCUT2D eigenvalue weighted by atomic mass is 16.5. The predicted octanol–water partition coefficient (Wildman–Crippen LogP) is 5.83. The molecule has 1 aromatic rings. The van der Waals surface area contributed by atoms with Crippen LogP contribution >= 0.6 is 0 Å². The zero-order valence-corrected chi connectivity index (χ0v) is 18.9. The molecule has 0 radical (unpaired) electrons. The number of benzene rings is 1. The van der Waals surface area contributed by atoms with Crippen LogP contribution in [0.15, 0.2) is 18.2 Å². The molecule has 0 spiro atoms. The van der Waals surface area contributed by atoms with Crippen LogP contribution in [0.1, 0.15) is 89.7 Å². The minimum absolute atomic E-state index is 0.125. The average Bonchev–Trinajstić information content (AvgIpc) is 2.85. The van der Waals surface area contributed by atoms with Gasteiger partial charge in [0.05, 0.1) is 6.61 Å². The first-order valence-electron chi connectivity index (χ1n) is 11.6. The second-order valence-electron chi connectivity index (χ2n) is 9.75. The van der Waals surface area contributed by atoms with Crippen LogP contribution in [-0.2, 0) is 5.41 Å². The zero-order chi connectivity index (χ0) is 20.4. The lowest BCUT2D eigenvalue weighted by Gasteiger charge is -2.23. The zero-order valence-electron chi connectivity index (χ0n) is 18.9. The molecule has 0 unspecified atom stereocenters. The maximum absolute atomic E-state index is 6.13. The number of unbranched alkanes of at least 4 members (excludes halogenated alkanes) is 5. The summed E-state index contributed by atoms with van der Waals surface area (Å²) in [7, 11) is 0. The van der Waals surface area contributed by atoms with E-state index < -0.39 is 0 Å². The van der Waals surface area contributed by atoms with E-state index in [0.29, 0.717) is 6.04 Å². The van der Waals surface area contributed by atoms with E-state index in [0.717, 1.165) is 18.8 Å². The maximum Gasteiger partial charge on any atom is 0.123 e. The largest absolute Gasteiger partial charge is 0.493 e. The van der Waals surface area contributed by atoms with Crippen LogP contribution in [-0.4, -0.2) is 37.2 Å². The SMILES string of the molecule is Cc1ccc(OCCCCCCCCN2CCC[C@@H](N)CC2)c(C(C)(C)C)c1. The highest BCUT2D eigenvalue weighted by Crippen LogP contribution is 2.32. The molecule has 1 aliphatic heterocycles. The third-order valence-electron chi connectivity index (χ3n) is 5.93. The monoisotopic (exact) mass is 388 g/mol. The van der Waals surface area contributed by atoms with E-state index in [-0.39, 0.29) is 5.41 Å². The highest BCUT2D eigenvalue weighted by Gasteiger charge is 2.19. The Morgan fingerprint density at radius 1 is 1.00 bits per heavy atom. The molecule has 0 amide bonds. The van der Waals surface area contributed by atoms with Gasteiger partial charge in [-0.1, -0.05) is 64.2 Å². The fourth-order valence-electron chi connectivity index (χ4n) is 4.09. The van der Waals surface area contributed by atoms with Gasteiger partial charge < -0.3 is 15.4 Å². The molecular weight excluding hydrogens is 344 g/mol. The molecular formula is C25H44N2O. The first-order chi connectivity index (χ1) is 13.4. The number of nitrogens with zero attached hydrogens (tertiary/aromatic N) is 1. The Kier molecular flexibility index (Phi) is 9.81. The van der Waals surface area contributed by atoms with Crippen molar-refractivity contribution in [3.63, 3.8) is 0 Å². The van der Waals surface area contributed by atoms with Crippen LogP contribution in [0.5, 0.6) is 5.75 Å². The fraction of sp³-hybridized carbons (Fsp3) is 0.760. The van der Waals surface area contributed by atoms with E-state index in [9.17, 15) is 0 Å². The lowest BCUT2D eigenvalue weighted by molar-refractivity contribution is 0.275. The van der Waals surface area contributed by atoms with Crippen LogP contribution in [0, 0.1) is 6.92 Å². The lowest BCUT2D eigenvalue weighted by atomic mass is 9.85. The van der Waals surface area contributed by atoms with Crippen molar-refractivity contribution in [1.82, 2.24) is 4.90 Å². The van der Waals surface area contributed by atoms with Crippen LogP contribution < -0.4 is 10.5 Å². The Hall–Kier alpha value is -1.06. The fourth-order valence-corrected chi connectivity index (χ4v) is 4.09. The minimum Gasteiger partial charge on any atom is -0.493 e. The molecule has 2 rings (SSSR count). The summed E-state index contributed by atoms with van der Waals surface area (Å²) in [6, 6.07) is 7.01. The Bertz CT molecular complexity index is 564. The van der Waals surface area contributed by atoms with Crippen molar-refractivity contribution in [1.29, 1.82) is 0 Å². The molecule has 1 fully saturated rings. The van der Waals surface area contributed by atoms with Crippen LogP contribution in [0.2, 0.25) is 0 Å². The summed E-state index contributed by atoms with van der Waals surface area (Å²) in [6.07, 6.45) is 11.5. The number of rotatable bonds is 10. The van der Waals surface area contributed by atoms with Gasteiger partial charge in [0.15, 0.2) is 0 Å². The molecule has 3 heteroatoms. The Morgan fingerprint density at radius 2 is 1.71 bits per heavy atom. The van der Waals surface area contributed by atoms with Crippen LogP contribution in [0.3, 0.4) is 0 Å². The molecule has 2 N–H and O–H groups in total. The molecule has 0 bridgehead atoms. The van der Waals surface area contributed by atoms with E-state index in [4.69, 9.17) is 10.5 Å². The number of nitrogens with two attached hydrogens (primary N) is 1. The summed E-state index contributed by atoms with van der Waals surface area (Å²) < 4.78 is 6.13. The standard InChI is InChI=1S/C25H44N2O/c1-21-13-14-24(23(20-21)25(2,3)4)28-19-10-8-6-5-7-9-16-27-17-11-12-22(26)15-18-27/h13-14,20,22H,5-12,15-19,26H2,1-4H3/t22-/m1/s1. The first kappa shape index (κ1) is 23.2. The average molecular weight is 389 g/mol. The number of aryl methyl sites for hydroxylation is 1. The Balaban J connectivity index is 1.53. The minimum atomic E-state index is 0.125. The van der Waals surface area contributed by atoms with Gasteiger partial charge >= 0.3 is 0 Å². The topological polar surface area (TPSA) is 38.5 Å². The third kappa shape index (κ3) is 8.53. The lowest BCUT2D eigenvalue weighted by Crippen LogP contribution is -2.27. The summed E-state index contributed by atoms with van der Waals surface area (Å²) in [6.45, 7) is 13.5. The van der Waals surface area contributed by atoms with Gasteiger partial charge in [0.25, 0.3) is 0 Å². The Morgan fingerprint density at radius 3 is 2.46 bits per heavy atom. The number of hydrogen-bond donors (Lipinski definition) is 1. The van der Waals surface area contributed by atoms with Crippen molar-refractivity contribution in [2.24, 2.45) is 5.73 Å². The number of hydrogen-bond acceptors (Lipinski definition) is 3. The van der Waals surface area contributed by atoms with Gasteiger partial charge in [0.1, 0.15) is 5.75 Å². The van der Waals surface area contributed by atoms with Crippen LogP contribution in [0.25, 0.3) is 0 Å². The highest BCUT2D eigenvalue weighted by molar-refractivity contribution is 5.41. The summed E-state index contributed by atoms with van der Waals surface area (Å²) in [5, 5.41) is 0. The predicted molar refractivity (Wildman–Crippen MR) is 121 cm³/mol. The summed E-state index contributed by atoms with van der Waals surface area (Å²) in [5.74, 6) is 1.07. The second-order valence-corrected chi connectivity index (χ2v) is 9.75. The summed E-state index contributed by atoms with van der Waals surface area (Å²) in [5.41, 5.74) is 8.82. The Labute approximate surface area is 174 Å². The smallest absolute Gasteiger partial charge is 0.123 e. The van der Waals surface area contributed by atoms with E-state index >= 15 is 0 Å². The molecule has 1 aromatic carbocycles. The van der Waals surface area contributed by atoms with E-state index in [1.165, 1.54) is 82.1 Å². The van der Waals surface area contributed by atoms with Crippen molar-refractivity contribution in [3.8, 4) is 5.75 Å².